The van der Waals surface area contributed by atoms with Gasteiger partial charge in [-0.25, -0.2) is 0 Å². The van der Waals surface area contributed by atoms with E-state index in [2.05, 4.69) is 42.7 Å². The Morgan fingerprint density at radius 1 is 1.31 bits per heavy atom. The molecular weight excluding hydrogens is 218 g/mol. The quantitative estimate of drug-likeness (QED) is 0.795. The molecule has 1 N–H and O–H groups in total. The van der Waals surface area contributed by atoms with Crippen LogP contribution in [-0.4, -0.2) is 29.7 Å². The Kier molecular flexibility index (Phi) is 6.17. The van der Waals surface area contributed by atoms with Gasteiger partial charge in [-0.3, -0.25) is 4.90 Å². The van der Waals surface area contributed by atoms with Crippen molar-refractivity contribution in [3.8, 4) is 11.8 Å². The molecule has 16 heavy (non-hydrogen) atoms. The lowest BCUT2D eigenvalue weighted by Gasteiger charge is -2.16. The van der Waals surface area contributed by atoms with Crippen molar-refractivity contribution in [2.24, 2.45) is 0 Å². The molecule has 0 atom stereocenters. The van der Waals surface area contributed by atoms with Gasteiger partial charge < -0.3 is 5.11 Å². The van der Waals surface area contributed by atoms with Gasteiger partial charge in [-0.05, 0) is 25.2 Å². The van der Waals surface area contributed by atoms with Gasteiger partial charge in [0.2, 0.25) is 0 Å². The van der Waals surface area contributed by atoms with Gasteiger partial charge in [-0.1, -0.05) is 25.7 Å². The van der Waals surface area contributed by atoms with Gasteiger partial charge in [0, 0.05) is 17.8 Å². The summed E-state index contributed by atoms with van der Waals surface area (Å²) in [7, 11) is 0. The molecule has 0 fully saturated rings. The van der Waals surface area contributed by atoms with Crippen LogP contribution in [0, 0.1) is 11.8 Å². The second-order valence-corrected chi connectivity index (χ2v) is 4.67. The lowest BCUT2D eigenvalue weighted by atomic mass is 10.3. The molecule has 1 rings (SSSR count). The van der Waals surface area contributed by atoms with E-state index in [1.165, 1.54) is 4.88 Å². The number of aliphatic hydroxyl groups excluding tert-OH is 1. The van der Waals surface area contributed by atoms with Gasteiger partial charge in [0.15, 0.2) is 0 Å². The zero-order valence-electron chi connectivity index (χ0n) is 9.99. The van der Waals surface area contributed by atoms with Crippen molar-refractivity contribution in [2.45, 2.75) is 26.8 Å². The molecule has 0 bridgehead atoms. The summed E-state index contributed by atoms with van der Waals surface area (Å²) < 4.78 is 0. The number of thiophene rings is 1. The van der Waals surface area contributed by atoms with Crippen LogP contribution in [0.4, 0.5) is 0 Å². The third kappa shape index (κ3) is 4.36. The fourth-order valence-electron chi connectivity index (χ4n) is 1.40. The van der Waals surface area contributed by atoms with Gasteiger partial charge in [-0.2, -0.15) is 0 Å². The monoisotopic (exact) mass is 237 g/mol. The van der Waals surface area contributed by atoms with Crippen molar-refractivity contribution in [3.05, 3.63) is 21.9 Å². The van der Waals surface area contributed by atoms with Crippen LogP contribution in [0.3, 0.4) is 0 Å². The summed E-state index contributed by atoms with van der Waals surface area (Å²) in [5.41, 5.74) is 0. The minimum absolute atomic E-state index is 0.144. The normalized spacial score (nSPS) is 10.2. The standard InChI is InChI=1S/C13H19NOS/c1-3-14(4-2)11-13-9-8-12(16-13)7-5-6-10-15/h8-9,15H,3-4,6,10-11H2,1-2H3. The summed E-state index contributed by atoms with van der Waals surface area (Å²) in [5.74, 6) is 6.01. The highest BCUT2D eigenvalue weighted by Crippen LogP contribution is 2.17. The van der Waals surface area contributed by atoms with E-state index in [4.69, 9.17) is 5.11 Å². The average molecular weight is 237 g/mol. The second kappa shape index (κ2) is 7.45. The Bertz CT molecular complexity index is 357. The minimum Gasteiger partial charge on any atom is -0.395 e. The van der Waals surface area contributed by atoms with Crippen molar-refractivity contribution < 1.29 is 5.11 Å². The fraction of sp³-hybridized carbons (Fsp3) is 0.538. The first-order chi connectivity index (χ1) is 7.80. The Morgan fingerprint density at radius 2 is 2.06 bits per heavy atom. The molecule has 0 saturated heterocycles. The van der Waals surface area contributed by atoms with Gasteiger partial charge >= 0.3 is 0 Å². The van der Waals surface area contributed by atoms with Crippen LogP contribution in [0.5, 0.6) is 0 Å². The molecule has 1 aromatic heterocycles. The van der Waals surface area contributed by atoms with Crippen LogP contribution >= 0.6 is 11.3 Å². The lowest BCUT2D eigenvalue weighted by Crippen LogP contribution is -2.21. The maximum Gasteiger partial charge on any atom is 0.0771 e. The predicted molar refractivity (Wildman–Crippen MR) is 69.5 cm³/mol. The molecule has 0 spiro atoms. The van der Waals surface area contributed by atoms with Gasteiger partial charge in [-0.15, -0.1) is 11.3 Å². The largest absolute Gasteiger partial charge is 0.395 e. The summed E-state index contributed by atoms with van der Waals surface area (Å²) >= 11 is 1.75. The van der Waals surface area contributed by atoms with Crippen molar-refractivity contribution in [3.63, 3.8) is 0 Å². The van der Waals surface area contributed by atoms with Crippen LogP contribution < -0.4 is 0 Å². The van der Waals surface area contributed by atoms with Gasteiger partial charge in [0.25, 0.3) is 0 Å². The van der Waals surface area contributed by atoms with Gasteiger partial charge in [0.05, 0.1) is 11.5 Å². The smallest absolute Gasteiger partial charge is 0.0771 e. The Labute approximate surface area is 102 Å². The SMILES string of the molecule is CCN(CC)Cc1ccc(C#CCCO)s1. The van der Waals surface area contributed by atoms with Crippen molar-refractivity contribution in [2.75, 3.05) is 19.7 Å². The minimum atomic E-state index is 0.144. The van der Waals surface area contributed by atoms with Crippen LogP contribution in [0.2, 0.25) is 0 Å². The molecule has 0 aliphatic heterocycles. The summed E-state index contributed by atoms with van der Waals surface area (Å²) in [5, 5.41) is 8.63. The van der Waals surface area contributed by atoms with Gasteiger partial charge in [0.1, 0.15) is 0 Å². The van der Waals surface area contributed by atoms with Crippen molar-refractivity contribution >= 4 is 11.3 Å². The van der Waals surface area contributed by atoms with E-state index in [0.717, 1.165) is 24.5 Å². The first-order valence-corrected chi connectivity index (χ1v) is 6.52. The highest BCUT2D eigenvalue weighted by atomic mass is 32.1. The Morgan fingerprint density at radius 3 is 2.69 bits per heavy atom. The fourth-order valence-corrected chi connectivity index (χ4v) is 2.33. The average Bonchev–Trinajstić information content (AvgIpc) is 2.74. The molecule has 2 nitrogen and oxygen atoms in total. The van der Waals surface area contributed by atoms with E-state index >= 15 is 0 Å². The number of rotatable bonds is 5. The van der Waals surface area contributed by atoms with E-state index in [0.29, 0.717) is 6.42 Å². The van der Waals surface area contributed by atoms with E-state index in [-0.39, 0.29) is 6.61 Å². The molecule has 0 amide bonds. The third-order valence-electron chi connectivity index (χ3n) is 2.38. The first-order valence-electron chi connectivity index (χ1n) is 5.71. The zero-order valence-corrected chi connectivity index (χ0v) is 10.8. The molecule has 0 unspecified atom stereocenters. The summed E-state index contributed by atoms with van der Waals surface area (Å²) in [6.07, 6.45) is 0.559. The molecule has 0 saturated carbocycles. The van der Waals surface area contributed by atoms with Crippen LogP contribution in [0.15, 0.2) is 12.1 Å². The highest BCUT2D eigenvalue weighted by Gasteiger charge is 2.03. The predicted octanol–water partition coefficient (Wildman–Crippen LogP) is 2.32. The summed E-state index contributed by atoms with van der Waals surface area (Å²) in [4.78, 5) is 4.84. The Balaban J connectivity index is 2.55. The molecule has 88 valence electrons. The van der Waals surface area contributed by atoms with E-state index in [9.17, 15) is 0 Å². The molecular formula is C13H19NOS. The number of hydrogen-bond acceptors (Lipinski definition) is 3. The Hall–Kier alpha value is -0.820. The lowest BCUT2D eigenvalue weighted by molar-refractivity contribution is 0.298. The van der Waals surface area contributed by atoms with E-state index in [1.54, 1.807) is 11.3 Å². The van der Waals surface area contributed by atoms with Crippen LogP contribution in [-0.2, 0) is 6.54 Å². The molecule has 1 aromatic rings. The van der Waals surface area contributed by atoms with Crippen LogP contribution in [0.1, 0.15) is 30.0 Å². The molecule has 0 aromatic carbocycles. The van der Waals surface area contributed by atoms with E-state index in [1.807, 2.05) is 0 Å². The number of aliphatic hydroxyl groups is 1. The summed E-state index contributed by atoms with van der Waals surface area (Å²) in [6, 6.07) is 4.21. The molecule has 0 aliphatic rings. The van der Waals surface area contributed by atoms with Crippen molar-refractivity contribution in [1.82, 2.24) is 4.90 Å². The maximum absolute atomic E-state index is 8.63. The zero-order chi connectivity index (χ0) is 11.8. The highest BCUT2D eigenvalue weighted by molar-refractivity contribution is 7.12. The van der Waals surface area contributed by atoms with Crippen molar-refractivity contribution in [1.29, 1.82) is 0 Å². The van der Waals surface area contributed by atoms with E-state index < -0.39 is 0 Å². The van der Waals surface area contributed by atoms with Crippen LogP contribution in [0.25, 0.3) is 0 Å². The maximum atomic E-state index is 8.63. The molecule has 0 aliphatic carbocycles. The summed E-state index contributed by atoms with van der Waals surface area (Å²) in [6.45, 7) is 7.68. The second-order valence-electron chi connectivity index (χ2n) is 3.50. The molecule has 3 heteroatoms. The first kappa shape index (κ1) is 13.2. The topological polar surface area (TPSA) is 23.5 Å². The molecule has 1 heterocycles. The number of hydrogen-bond donors (Lipinski definition) is 1. The molecule has 0 radical (unpaired) electrons. The third-order valence-corrected chi connectivity index (χ3v) is 3.37. The number of nitrogens with zero attached hydrogens (tertiary/aromatic N) is 1.